The summed E-state index contributed by atoms with van der Waals surface area (Å²) in [5, 5.41) is 3.88. The van der Waals surface area contributed by atoms with E-state index >= 15 is 0 Å². The second kappa shape index (κ2) is 7.70. The summed E-state index contributed by atoms with van der Waals surface area (Å²) in [6.07, 6.45) is 0.356. The van der Waals surface area contributed by atoms with Crippen LogP contribution >= 0.6 is 11.3 Å². The van der Waals surface area contributed by atoms with E-state index in [9.17, 15) is 13.2 Å². The Labute approximate surface area is 154 Å². The molecule has 0 aliphatic heterocycles. The molecule has 1 amide bonds. The van der Waals surface area contributed by atoms with Gasteiger partial charge in [0.1, 0.15) is 5.25 Å². The van der Waals surface area contributed by atoms with Crippen LogP contribution in [0.15, 0.2) is 46.7 Å². The highest BCUT2D eigenvalue weighted by molar-refractivity contribution is 7.91. The molecule has 0 fully saturated rings. The van der Waals surface area contributed by atoms with Crippen LogP contribution in [0.2, 0.25) is 0 Å². The van der Waals surface area contributed by atoms with E-state index in [0.717, 1.165) is 10.4 Å². The molecule has 6 heteroatoms. The number of amides is 1. The van der Waals surface area contributed by atoms with Crippen LogP contribution in [0.25, 0.3) is 0 Å². The number of rotatable bonds is 6. The molecule has 0 aliphatic rings. The predicted molar refractivity (Wildman–Crippen MR) is 103 cm³/mol. The second-order valence-electron chi connectivity index (χ2n) is 7.40. The summed E-state index contributed by atoms with van der Waals surface area (Å²) < 4.78 is 26.2. The maximum Gasteiger partial charge on any atom is 0.220 e. The number of carbonyl (C=O) groups is 1. The third-order valence-corrected chi connectivity index (χ3v) is 6.99. The third-order valence-electron chi connectivity index (χ3n) is 3.76. The summed E-state index contributed by atoms with van der Waals surface area (Å²) in [5.41, 5.74) is 0.864. The van der Waals surface area contributed by atoms with Crippen molar-refractivity contribution in [1.29, 1.82) is 0 Å². The highest BCUT2D eigenvalue weighted by Gasteiger charge is 2.30. The Bertz CT molecular complexity index is 801. The minimum absolute atomic E-state index is 0.0750. The number of aryl methyl sites for hydroxylation is 1. The summed E-state index contributed by atoms with van der Waals surface area (Å²) in [5.74, 6) is -0.131. The van der Waals surface area contributed by atoms with Crippen LogP contribution in [0.4, 0.5) is 0 Å². The van der Waals surface area contributed by atoms with Crippen molar-refractivity contribution in [2.75, 3.05) is 6.54 Å². The maximum atomic E-state index is 13.1. The molecule has 1 aromatic heterocycles. The molecule has 1 atom stereocenters. The molecule has 0 saturated carbocycles. The number of nitrogens with one attached hydrogen (secondary N) is 1. The van der Waals surface area contributed by atoms with Crippen molar-refractivity contribution in [1.82, 2.24) is 5.32 Å². The molecule has 4 nitrogen and oxygen atoms in total. The van der Waals surface area contributed by atoms with Gasteiger partial charge < -0.3 is 5.32 Å². The Morgan fingerprint density at radius 3 is 2.32 bits per heavy atom. The molecule has 1 aromatic carbocycles. The van der Waals surface area contributed by atoms with Crippen molar-refractivity contribution in [3.63, 3.8) is 0 Å². The monoisotopic (exact) mass is 379 g/mol. The fraction of sp³-hybridized carbons (Fsp3) is 0.421. The first-order chi connectivity index (χ1) is 11.6. The maximum absolute atomic E-state index is 13.1. The van der Waals surface area contributed by atoms with Crippen LogP contribution < -0.4 is 5.32 Å². The topological polar surface area (TPSA) is 63.2 Å². The first-order valence-electron chi connectivity index (χ1n) is 8.20. The number of sulfone groups is 1. The van der Waals surface area contributed by atoms with Gasteiger partial charge in [-0.1, -0.05) is 44.5 Å². The van der Waals surface area contributed by atoms with E-state index in [0.29, 0.717) is 6.42 Å². The van der Waals surface area contributed by atoms with E-state index in [1.807, 2.05) is 39.1 Å². The first-order valence-corrected chi connectivity index (χ1v) is 10.6. The van der Waals surface area contributed by atoms with Crippen LogP contribution in [0.3, 0.4) is 0 Å². The number of carbonyl (C=O) groups excluding carboxylic acids is 1. The van der Waals surface area contributed by atoms with Crippen LogP contribution in [-0.2, 0) is 14.6 Å². The molecule has 1 N–H and O–H groups in total. The average molecular weight is 380 g/mol. The molecule has 2 aromatic rings. The van der Waals surface area contributed by atoms with Gasteiger partial charge in [-0.05, 0) is 35.9 Å². The lowest BCUT2D eigenvalue weighted by Gasteiger charge is -2.20. The molecule has 0 spiro atoms. The molecule has 0 aliphatic carbocycles. The molecular formula is C19H25NO3S2. The smallest absolute Gasteiger partial charge is 0.220 e. The van der Waals surface area contributed by atoms with Gasteiger partial charge in [-0.15, -0.1) is 11.3 Å². The number of hydrogen-bond donors (Lipinski definition) is 1. The van der Waals surface area contributed by atoms with Crippen molar-refractivity contribution in [3.05, 3.63) is 52.2 Å². The zero-order valence-electron chi connectivity index (χ0n) is 15.1. The van der Waals surface area contributed by atoms with Crippen molar-refractivity contribution in [2.24, 2.45) is 5.41 Å². The molecule has 0 radical (unpaired) electrons. The van der Waals surface area contributed by atoms with E-state index in [4.69, 9.17) is 0 Å². The van der Waals surface area contributed by atoms with E-state index in [2.05, 4.69) is 5.32 Å². The standard InChI is InChI=1S/C19H25NO3S2/c1-14-7-9-15(10-8-14)25(22,23)17(16-6-5-11-24-16)13-20-18(21)12-19(2,3)4/h5-11,17H,12-13H2,1-4H3,(H,20,21)/t17-/m0/s1. The van der Waals surface area contributed by atoms with Gasteiger partial charge in [0.2, 0.25) is 5.91 Å². The molecular weight excluding hydrogens is 354 g/mol. The van der Waals surface area contributed by atoms with Crippen molar-refractivity contribution >= 4 is 27.1 Å². The van der Waals surface area contributed by atoms with Gasteiger partial charge in [0, 0.05) is 17.8 Å². The Morgan fingerprint density at radius 1 is 1.16 bits per heavy atom. The Balaban J connectivity index is 2.25. The summed E-state index contributed by atoms with van der Waals surface area (Å²) in [4.78, 5) is 13.2. The lowest BCUT2D eigenvalue weighted by molar-refractivity contribution is -0.122. The molecule has 1 heterocycles. The lowest BCUT2D eigenvalue weighted by Crippen LogP contribution is -2.33. The first kappa shape index (κ1) is 19.7. The second-order valence-corrected chi connectivity index (χ2v) is 10.5. The number of benzene rings is 1. The van der Waals surface area contributed by atoms with Gasteiger partial charge in [0.25, 0.3) is 0 Å². The van der Waals surface area contributed by atoms with E-state index in [-0.39, 0.29) is 22.8 Å². The fourth-order valence-corrected chi connectivity index (χ4v) is 5.26. The summed E-state index contributed by atoms with van der Waals surface area (Å²) in [6, 6.07) is 10.5. The van der Waals surface area contributed by atoms with Gasteiger partial charge in [-0.2, -0.15) is 0 Å². The van der Waals surface area contributed by atoms with Gasteiger partial charge in [-0.3, -0.25) is 4.79 Å². The van der Waals surface area contributed by atoms with Gasteiger partial charge >= 0.3 is 0 Å². The molecule has 136 valence electrons. The summed E-state index contributed by atoms with van der Waals surface area (Å²) in [6.45, 7) is 7.93. The largest absolute Gasteiger partial charge is 0.354 e. The lowest BCUT2D eigenvalue weighted by atomic mass is 9.92. The number of hydrogen-bond acceptors (Lipinski definition) is 4. The van der Waals surface area contributed by atoms with Crippen LogP contribution in [0.1, 0.15) is 42.9 Å². The SMILES string of the molecule is Cc1ccc(S(=O)(=O)[C@@H](CNC(=O)CC(C)(C)C)c2cccs2)cc1. The summed E-state index contributed by atoms with van der Waals surface area (Å²) >= 11 is 1.39. The average Bonchev–Trinajstić information content (AvgIpc) is 2.99. The van der Waals surface area contributed by atoms with Crippen LogP contribution in [0, 0.1) is 12.3 Å². The minimum atomic E-state index is -3.58. The minimum Gasteiger partial charge on any atom is -0.354 e. The Hall–Kier alpha value is -1.66. The fourth-order valence-electron chi connectivity index (χ4n) is 2.48. The molecule has 0 unspecified atom stereocenters. The number of thiophene rings is 1. The normalized spacial score (nSPS) is 13.4. The summed E-state index contributed by atoms with van der Waals surface area (Å²) in [7, 11) is -3.58. The third kappa shape index (κ3) is 5.41. The van der Waals surface area contributed by atoms with Gasteiger partial charge in [0.15, 0.2) is 9.84 Å². The van der Waals surface area contributed by atoms with E-state index < -0.39 is 15.1 Å². The van der Waals surface area contributed by atoms with Crippen LogP contribution in [0.5, 0.6) is 0 Å². The molecule has 0 saturated heterocycles. The zero-order chi connectivity index (χ0) is 18.7. The molecule has 0 bridgehead atoms. The molecule has 2 rings (SSSR count). The van der Waals surface area contributed by atoms with Crippen molar-refractivity contribution in [3.8, 4) is 0 Å². The Kier molecular flexibility index (Phi) is 6.06. The Morgan fingerprint density at radius 2 is 1.80 bits per heavy atom. The van der Waals surface area contributed by atoms with Gasteiger partial charge in [-0.25, -0.2) is 8.42 Å². The van der Waals surface area contributed by atoms with Crippen molar-refractivity contribution < 1.29 is 13.2 Å². The quantitative estimate of drug-likeness (QED) is 0.821. The predicted octanol–water partition coefficient (Wildman–Crippen LogP) is 4.12. The highest BCUT2D eigenvalue weighted by Crippen LogP contribution is 2.31. The van der Waals surface area contributed by atoms with E-state index in [1.165, 1.54) is 11.3 Å². The van der Waals surface area contributed by atoms with E-state index in [1.54, 1.807) is 30.3 Å². The zero-order valence-corrected chi connectivity index (χ0v) is 16.7. The molecule has 25 heavy (non-hydrogen) atoms. The van der Waals surface area contributed by atoms with Crippen molar-refractivity contribution in [2.45, 2.75) is 44.3 Å². The van der Waals surface area contributed by atoms with Gasteiger partial charge in [0.05, 0.1) is 4.90 Å². The highest BCUT2D eigenvalue weighted by atomic mass is 32.2. The van der Waals surface area contributed by atoms with Crippen LogP contribution in [-0.4, -0.2) is 20.9 Å².